The molecule has 6 nitrogen and oxygen atoms in total. The number of carboxylic acids is 1. The van der Waals surface area contributed by atoms with Crippen LogP contribution in [0.15, 0.2) is 35.1 Å². The Morgan fingerprint density at radius 3 is 2.92 bits per heavy atom. The minimum atomic E-state index is -1.04. The van der Waals surface area contributed by atoms with Gasteiger partial charge in [-0.2, -0.15) is 0 Å². The molecule has 126 valence electrons. The zero-order valence-electron chi connectivity index (χ0n) is 13.5. The van der Waals surface area contributed by atoms with E-state index in [0.29, 0.717) is 12.1 Å². The molecule has 2 aromatic rings. The number of hydrogen-bond acceptors (Lipinski definition) is 4. The molecule has 1 aromatic carbocycles. The fourth-order valence-corrected chi connectivity index (χ4v) is 3.35. The fourth-order valence-electron chi connectivity index (χ4n) is 3.35. The first-order valence-corrected chi connectivity index (χ1v) is 8.08. The summed E-state index contributed by atoms with van der Waals surface area (Å²) < 4.78 is 5.04. The largest absolute Gasteiger partial charge is 0.480 e. The number of carboxylic acid groups (broad SMARTS) is 1. The number of fused-ring (bicyclic) bond motifs is 1. The van der Waals surface area contributed by atoms with E-state index in [-0.39, 0.29) is 11.7 Å². The third kappa shape index (κ3) is 3.32. The number of amides is 1. The van der Waals surface area contributed by atoms with Crippen molar-refractivity contribution in [2.24, 2.45) is 0 Å². The number of hydrogen-bond donors (Lipinski definition) is 2. The standard InChI is InChI=1S/C18H20N2O4/c1-11-16(24-10-19-11)17(21)20-15(18(22)23)9-13-7-4-6-12-5-2-3-8-14(12)13/h2-3,5,8,10,13,15H,4,6-7,9H2,1H3,(H,20,21)(H,22,23). The van der Waals surface area contributed by atoms with E-state index in [9.17, 15) is 14.7 Å². The predicted molar refractivity (Wildman–Crippen MR) is 86.9 cm³/mol. The molecule has 0 bridgehead atoms. The highest BCUT2D eigenvalue weighted by atomic mass is 16.4. The minimum absolute atomic E-state index is 0.0605. The molecule has 0 radical (unpaired) electrons. The van der Waals surface area contributed by atoms with Gasteiger partial charge in [0.25, 0.3) is 5.91 Å². The van der Waals surface area contributed by atoms with Gasteiger partial charge in [0.15, 0.2) is 6.39 Å². The van der Waals surface area contributed by atoms with E-state index in [1.54, 1.807) is 6.92 Å². The molecule has 0 aliphatic heterocycles. The summed E-state index contributed by atoms with van der Waals surface area (Å²) in [4.78, 5) is 27.7. The van der Waals surface area contributed by atoms with Gasteiger partial charge < -0.3 is 14.8 Å². The molecule has 6 heteroatoms. The second-order valence-electron chi connectivity index (χ2n) is 6.15. The maximum atomic E-state index is 12.2. The van der Waals surface area contributed by atoms with Crippen molar-refractivity contribution in [1.29, 1.82) is 0 Å². The zero-order chi connectivity index (χ0) is 17.1. The number of nitrogens with one attached hydrogen (secondary N) is 1. The lowest BCUT2D eigenvalue weighted by Crippen LogP contribution is -2.42. The van der Waals surface area contributed by atoms with Crippen molar-refractivity contribution in [3.63, 3.8) is 0 Å². The molecule has 1 heterocycles. The average molecular weight is 328 g/mol. The van der Waals surface area contributed by atoms with Crippen molar-refractivity contribution in [3.8, 4) is 0 Å². The lowest BCUT2D eigenvalue weighted by Gasteiger charge is -2.27. The molecule has 1 aliphatic carbocycles. The molecule has 0 fully saturated rings. The lowest BCUT2D eigenvalue weighted by molar-refractivity contribution is -0.139. The van der Waals surface area contributed by atoms with E-state index in [4.69, 9.17) is 4.42 Å². The molecular formula is C18H20N2O4. The van der Waals surface area contributed by atoms with Crippen LogP contribution in [0.25, 0.3) is 0 Å². The normalized spacial score (nSPS) is 17.8. The van der Waals surface area contributed by atoms with Crippen molar-refractivity contribution >= 4 is 11.9 Å². The summed E-state index contributed by atoms with van der Waals surface area (Å²) in [7, 11) is 0. The molecule has 1 amide bonds. The third-order valence-corrected chi connectivity index (χ3v) is 4.57. The Labute approximate surface area is 139 Å². The highest BCUT2D eigenvalue weighted by Crippen LogP contribution is 2.34. The molecule has 0 saturated heterocycles. The smallest absolute Gasteiger partial charge is 0.326 e. The van der Waals surface area contributed by atoms with Crippen LogP contribution in [0.2, 0.25) is 0 Å². The number of carbonyl (C=O) groups excluding carboxylic acids is 1. The van der Waals surface area contributed by atoms with Gasteiger partial charge >= 0.3 is 5.97 Å². The quantitative estimate of drug-likeness (QED) is 0.880. The van der Waals surface area contributed by atoms with Gasteiger partial charge in [0, 0.05) is 0 Å². The van der Waals surface area contributed by atoms with Crippen molar-refractivity contribution in [2.45, 2.75) is 44.6 Å². The average Bonchev–Trinajstić information content (AvgIpc) is 3.00. The van der Waals surface area contributed by atoms with Gasteiger partial charge in [-0.05, 0) is 49.7 Å². The van der Waals surface area contributed by atoms with E-state index in [2.05, 4.69) is 22.4 Å². The molecular weight excluding hydrogens is 308 g/mol. The molecule has 1 aromatic heterocycles. The SMILES string of the molecule is Cc1ncoc1C(=O)NC(CC1CCCc2ccccc21)C(=O)O. The van der Waals surface area contributed by atoms with Gasteiger partial charge in [-0.15, -0.1) is 0 Å². The summed E-state index contributed by atoms with van der Waals surface area (Å²) >= 11 is 0. The third-order valence-electron chi connectivity index (χ3n) is 4.57. The summed E-state index contributed by atoms with van der Waals surface area (Å²) in [5, 5.41) is 12.1. The highest BCUT2D eigenvalue weighted by molar-refractivity contribution is 5.95. The van der Waals surface area contributed by atoms with E-state index in [1.165, 1.54) is 17.5 Å². The van der Waals surface area contributed by atoms with Gasteiger partial charge in [0.2, 0.25) is 5.76 Å². The number of aromatic nitrogens is 1. The van der Waals surface area contributed by atoms with Crippen molar-refractivity contribution < 1.29 is 19.1 Å². The second kappa shape index (κ2) is 6.86. The van der Waals surface area contributed by atoms with Crippen LogP contribution in [0.3, 0.4) is 0 Å². The van der Waals surface area contributed by atoms with Crippen molar-refractivity contribution in [1.82, 2.24) is 10.3 Å². The summed E-state index contributed by atoms with van der Waals surface area (Å²) in [6, 6.07) is 7.17. The topological polar surface area (TPSA) is 92.4 Å². The van der Waals surface area contributed by atoms with E-state index < -0.39 is 17.9 Å². The number of oxazole rings is 1. The van der Waals surface area contributed by atoms with Crippen LogP contribution in [0.5, 0.6) is 0 Å². The minimum Gasteiger partial charge on any atom is -0.480 e. The maximum absolute atomic E-state index is 12.2. The van der Waals surface area contributed by atoms with E-state index in [0.717, 1.165) is 19.3 Å². The van der Waals surface area contributed by atoms with Gasteiger partial charge in [-0.25, -0.2) is 9.78 Å². The van der Waals surface area contributed by atoms with Crippen LogP contribution in [0.4, 0.5) is 0 Å². The number of nitrogens with zero attached hydrogens (tertiary/aromatic N) is 1. The van der Waals surface area contributed by atoms with Crippen LogP contribution in [0, 0.1) is 6.92 Å². The Hall–Kier alpha value is -2.63. The van der Waals surface area contributed by atoms with Crippen LogP contribution < -0.4 is 5.32 Å². The Morgan fingerprint density at radius 2 is 2.21 bits per heavy atom. The molecule has 2 N–H and O–H groups in total. The van der Waals surface area contributed by atoms with Crippen LogP contribution in [-0.2, 0) is 11.2 Å². The zero-order valence-corrected chi connectivity index (χ0v) is 13.5. The van der Waals surface area contributed by atoms with E-state index >= 15 is 0 Å². The molecule has 0 spiro atoms. The maximum Gasteiger partial charge on any atom is 0.326 e. The number of rotatable bonds is 5. The van der Waals surface area contributed by atoms with Crippen LogP contribution >= 0.6 is 0 Å². The summed E-state index contributed by atoms with van der Waals surface area (Å²) in [6.45, 7) is 1.64. The van der Waals surface area contributed by atoms with E-state index in [1.807, 2.05) is 12.1 Å². The first kappa shape index (κ1) is 16.2. The Kier molecular flexibility index (Phi) is 4.64. The van der Waals surface area contributed by atoms with Gasteiger partial charge in [-0.1, -0.05) is 24.3 Å². The Morgan fingerprint density at radius 1 is 1.42 bits per heavy atom. The molecule has 2 unspecified atom stereocenters. The monoisotopic (exact) mass is 328 g/mol. The highest BCUT2D eigenvalue weighted by Gasteiger charge is 2.29. The number of carbonyl (C=O) groups is 2. The second-order valence-corrected chi connectivity index (χ2v) is 6.15. The Bertz CT molecular complexity index is 753. The number of aryl methyl sites for hydroxylation is 2. The first-order chi connectivity index (χ1) is 11.6. The summed E-state index contributed by atoms with van der Waals surface area (Å²) in [5.74, 6) is -1.39. The number of benzene rings is 1. The van der Waals surface area contributed by atoms with Gasteiger partial charge in [-0.3, -0.25) is 4.79 Å². The number of aliphatic carboxylic acids is 1. The molecule has 0 saturated carbocycles. The lowest BCUT2D eigenvalue weighted by atomic mass is 9.79. The molecule has 2 atom stereocenters. The Balaban J connectivity index is 1.75. The van der Waals surface area contributed by atoms with Gasteiger partial charge in [0.05, 0.1) is 5.69 Å². The molecule has 24 heavy (non-hydrogen) atoms. The van der Waals surface area contributed by atoms with Crippen molar-refractivity contribution in [3.05, 3.63) is 53.2 Å². The fraction of sp³-hybridized carbons (Fsp3) is 0.389. The first-order valence-electron chi connectivity index (χ1n) is 8.08. The molecule has 1 aliphatic rings. The summed E-state index contributed by atoms with van der Waals surface area (Å²) in [6.07, 6.45) is 4.53. The van der Waals surface area contributed by atoms with Crippen LogP contribution in [-0.4, -0.2) is 28.0 Å². The molecule has 3 rings (SSSR count). The predicted octanol–water partition coefficient (Wildman–Crippen LogP) is 2.68. The van der Waals surface area contributed by atoms with Crippen LogP contribution in [0.1, 0.15) is 52.6 Å². The van der Waals surface area contributed by atoms with Gasteiger partial charge in [0.1, 0.15) is 6.04 Å². The van der Waals surface area contributed by atoms with Crippen molar-refractivity contribution in [2.75, 3.05) is 0 Å². The summed E-state index contributed by atoms with van der Waals surface area (Å²) in [5.41, 5.74) is 2.91.